The SMILES string of the molecule is CC(NC(CO)CS)c1c(O)cccc1O. The van der Waals surface area contributed by atoms with Gasteiger partial charge in [0.2, 0.25) is 0 Å². The van der Waals surface area contributed by atoms with Crippen molar-refractivity contribution in [2.45, 2.75) is 19.0 Å². The Hall–Kier alpha value is -0.910. The summed E-state index contributed by atoms with van der Waals surface area (Å²) >= 11 is 4.09. The highest BCUT2D eigenvalue weighted by atomic mass is 32.1. The van der Waals surface area contributed by atoms with Crippen molar-refractivity contribution >= 4 is 12.6 Å². The summed E-state index contributed by atoms with van der Waals surface area (Å²) in [6.07, 6.45) is 0. The first kappa shape index (κ1) is 13.2. The van der Waals surface area contributed by atoms with E-state index in [1.165, 1.54) is 12.1 Å². The average Bonchev–Trinajstić information content (AvgIpc) is 2.25. The Balaban J connectivity index is 2.83. The van der Waals surface area contributed by atoms with Crippen molar-refractivity contribution in [3.63, 3.8) is 0 Å². The number of hydrogen-bond acceptors (Lipinski definition) is 5. The van der Waals surface area contributed by atoms with Gasteiger partial charge in [0.05, 0.1) is 12.2 Å². The van der Waals surface area contributed by atoms with Crippen LogP contribution in [-0.4, -0.2) is 33.7 Å². The first-order chi connectivity index (χ1) is 7.60. The zero-order valence-electron chi connectivity index (χ0n) is 9.09. The Morgan fingerprint density at radius 3 is 2.31 bits per heavy atom. The number of phenolic OH excluding ortho intramolecular Hbond substituents is 2. The molecule has 1 rings (SSSR count). The van der Waals surface area contributed by atoms with E-state index in [9.17, 15) is 10.2 Å². The molecule has 0 aliphatic rings. The molecule has 2 atom stereocenters. The van der Waals surface area contributed by atoms with Crippen molar-refractivity contribution in [2.24, 2.45) is 0 Å². The van der Waals surface area contributed by atoms with Gasteiger partial charge in [-0.25, -0.2) is 0 Å². The Kier molecular flexibility index (Phi) is 4.92. The van der Waals surface area contributed by atoms with Crippen LogP contribution in [0.5, 0.6) is 11.5 Å². The van der Waals surface area contributed by atoms with E-state index >= 15 is 0 Å². The number of rotatable bonds is 5. The quantitative estimate of drug-likeness (QED) is 0.501. The second kappa shape index (κ2) is 5.98. The zero-order valence-corrected chi connectivity index (χ0v) is 9.98. The third-order valence-electron chi connectivity index (χ3n) is 2.42. The number of phenols is 2. The molecule has 0 spiro atoms. The molecule has 4 N–H and O–H groups in total. The lowest BCUT2D eigenvalue weighted by atomic mass is 10.1. The van der Waals surface area contributed by atoms with Gasteiger partial charge in [-0.2, -0.15) is 12.6 Å². The van der Waals surface area contributed by atoms with Crippen LogP contribution in [0, 0.1) is 0 Å². The van der Waals surface area contributed by atoms with E-state index < -0.39 is 0 Å². The molecule has 1 aromatic carbocycles. The normalized spacial score (nSPS) is 14.7. The van der Waals surface area contributed by atoms with Crippen LogP contribution < -0.4 is 5.32 Å². The lowest BCUT2D eigenvalue weighted by Crippen LogP contribution is -2.36. The molecule has 0 aliphatic carbocycles. The van der Waals surface area contributed by atoms with Crippen molar-refractivity contribution in [1.82, 2.24) is 5.32 Å². The Morgan fingerprint density at radius 2 is 1.88 bits per heavy atom. The van der Waals surface area contributed by atoms with Crippen molar-refractivity contribution in [2.75, 3.05) is 12.4 Å². The predicted molar refractivity (Wildman–Crippen MR) is 66.0 cm³/mol. The Morgan fingerprint density at radius 1 is 1.31 bits per heavy atom. The van der Waals surface area contributed by atoms with Crippen molar-refractivity contribution in [3.05, 3.63) is 23.8 Å². The standard InChI is InChI=1S/C11H17NO3S/c1-7(12-8(5-13)6-16)11-9(14)3-2-4-10(11)15/h2-4,7-8,12-16H,5-6H2,1H3. The lowest BCUT2D eigenvalue weighted by Gasteiger charge is -2.21. The van der Waals surface area contributed by atoms with Gasteiger partial charge in [0.1, 0.15) is 11.5 Å². The second-order valence-corrected chi connectivity index (χ2v) is 4.03. The van der Waals surface area contributed by atoms with Crippen LogP contribution in [0.4, 0.5) is 0 Å². The van der Waals surface area contributed by atoms with Crippen LogP contribution in [-0.2, 0) is 0 Å². The summed E-state index contributed by atoms with van der Waals surface area (Å²) in [5.74, 6) is 0.557. The molecule has 16 heavy (non-hydrogen) atoms. The number of benzene rings is 1. The molecule has 0 saturated carbocycles. The molecule has 0 heterocycles. The number of thiol groups is 1. The van der Waals surface area contributed by atoms with Gasteiger partial charge in [0.15, 0.2) is 0 Å². The van der Waals surface area contributed by atoms with Gasteiger partial charge in [-0.15, -0.1) is 0 Å². The third kappa shape index (κ3) is 3.04. The van der Waals surface area contributed by atoms with Crippen LogP contribution in [0.1, 0.15) is 18.5 Å². The number of aliphatic hydroxyl groups is 1. The first-order valence-corrected chi connectivity index (χ1v) is 5.72. The number of hydrogen-bond donors (Lipinski definition) is 5. The van der Waals surface area contributed by atoms with Gasteiger partial charge < -0.3 is 20.6 Å². The van der Waals surface area contributed by atoms with Gasteiger partial charge in [-0.05, 0) is 19.1 Å². The Labute approximate surface area is 100 Å². The molecule has 0 fully saturated rings. The maximum Gasteiger partial charge on any atom is 0.124 e. The van der Waals surface area contributed by atoms with E-state index in [4.69, 9.17) is 5.11 Å². The maximum absolute atomic E-state index is 9.64. The van der Waals surface area contributed by atoms with Gasteiger partial charge in [-0.3, -0.25) is 0 Å². The summed E-state index contributed by atoms with van der Waals surface area (Å²) in [5, 5.41) is 31.4. The van der Waals surface area contributed by atoms with Crippen LogP contribution in [0.25, 0.3) is 0 Å². The van der Waals surface area contributed by atoms with E-state index in [2.05, 4.69) is 17.9 Å². The topological polar surface area (TPSA) is 72.7 Å². The molecular weight excluding hydrogens is 226 g/mol. The summed E-state index contributed by atoms with van der Waals surface area (Å²) in [6, 6.07) is 4.18. The fraction of sp³-hybridized carbons (Fsp3) is 0.455. The van der Waals surface area contributed by atoms with E-state index in [1.54, 1.807) is 13.0 Å². The summed E-state index contributed by atoms with van der Waals surface area (Å²) in [7, 11) is 0. The van der Waals surface area contributed by atoms with Gasteiger partial charge >= 0.3 is 0 Å². The van der Waals surface area contributed by atoms with E-state index in [1.807, 2.05) is 0 Å². The van der Waals surface area contributed by atoms with Gasteiger partial charge in [0.25, 0.3) is 0 Å². The zero-order chi connectivity index (χ0) is 12.1. The second-order valence-electron chi connectivity index (χ2n) is 3.66. The van der Waals surface area contributed by atoms with E-state index in [-0.39, 0.29) is 30.2 Å². The minimum absolute atomic E-state index is 0.0378. The Bertz CT molecular complexity index is 322. The average molecular weight is 243 g/mol. The predicted octanol–water partition coefficient (Wildman–Crippen LogP) is 1.04. The highest BCUT2D eigenvalue weighted by Crippen LogP contribution is 2.32. The van der Waals surface area contributed by atoms with Gasteiger partial charge in [0, 0.05) is 17.8 Å². The molecule has 5 heteroatoms. The molecule has 1 aromatic rings. The summed E-state index contributed by atoms with van der Waals surface area (Å²) in [4.78, 5) is 0. The van der Waals surface area contributed by atoms with Crippen LogP contribution in [0.15, 0.2) is 18.2 Å². The molecule has 2 unspecified atom stereocenters. The van der Waals surface area contributed by atoms with Crippen molar-refractivity contribution < 1.29 is 15.3 Å². The molecule has 0 radical (unpaired) electrons. The molecule has 90 valence electrons. The smallest absolute Gasteiger partial charge is 0.124 e. The highest BCUT2D eigenvalue weighted by molar-refractivity contribution is 7.80. The highest BCUT2D eigenvalue weighted by Gasteiger charge is 2.17. The summed E-state index contributed by atoms with van der Waals surface area (Å²) < 4.78 is 0. The largest absolute Gasteiger partial charge is 0.507 e. The molecular formula is C11H17NO3S. The third-order valence-corrected chi connectivity index (χ3v) is 2.86. The van der Waals surface area contributed by atoms with Crippen molar-refractivity contribution in [1.29, 1.82) is 0 Å². The number of aromatic hydroxyl groups is 2. The number of nitrogens with one attached hydrogen (secondary N) is 1. The molecule has 0 aromatic heterocycles. The first-order valence-electron chi connectivity index (χ1n) is 5.08. The van der Waals surface area contributed by atoms with Crippen molar-refractivity contribution in [3.8, 4) is 11.5 Å². The molecule has 0 saturated heterocycles. The van der Waals surface area contributed by atoms with E-state index in [0.717, 1.165) is 0 Å². The van der Waals surface area contributed by atoms with E-state index in [0.29, 0.717) is 11.3 Å². The fourth-order valence-electron chi connectivity index (χ4n) is 1.58. The fourth-order valence-corrected chi connectivity index (χ4v) is 1.81. The maximum atomic E-state index is 9.64. The molecule has 0 amide bonds. The van der Waals surface area contributed by atoms with Crippen LogP contribution in [0.3, 0.4) is 0 Å². The summed E-state index contributed by atoms with van der Waals surface area (Å²) in [5.41, 5.74) is 0.433. The monoisotopic (exact) mass is 243 g/mol. The van der Waals surface area contributed by atoms with Crippen LogP contribution in [0.2, 0.25) is 0 Å². The lowest BCUT2D eigenvalue weighted by molar-refractivity contribution is 0.244. The minimum atomic E-state index is -0.259. The van der Waals surface area contributed by atoms with Gasteiger partial charge in [-0.1, -0.05) is 6.07 Å². The minimum Gasteiger partial charge on any atom is -0.507 e. The summed E-state index contributed by atoms with van der Waals surface area (Å²) in [6.45, 7) is 1.77. The van der Waals surface area contributed by atoms with Crippen LogP contribution >= 0.6 is 12.6 Å². The molecule has 0 aliphatic heterocycles. The molecule has 4 nitrogen and oxygen atoms in total. The molecule has 0 bridgehead atoms. The number of aliphatic hydroxyl groups excluding tert-OH is 1.